The summed E-state index contributed by atoms with van der Waals surface area (Å²) in [6.07, 6.45) is 4.63. The summed E-state index contributed by atoms with van der Waals surface area (Å²) < 4.78 is 0. The molecule has 0 radical (unpaired) electrons. The van der Waals surface area contributed by atoms with Crippen LogP contribution in [0.2, 0.25) is 0 Å². The number of nitrogens with one attached hydrogen (secondary N) is 2. The van der Waals surface area contributed by atoms with Crippen molar-refractivity contribution in [2.45, 2.75) is 39.0 Å². The Bertz CT molecular complexity index is 684. The monoisotopic (exact) mass is 336 g/mol. The number of aryl methyl sites for hydroxylation is 2. The Labute approximate surface area is 136 Å². The van der Waals surface area contributed by atoms with Crippen molar-refractivity contribution < 1.29 is 9.59 Å². The van der Waals surface area contributed by atoms with Crippen LogP contribution in [0.1, 0.15) is 36.0 Å². The second-order valence-corrected chi connectivity index (χ2v) is 7.09. The molecular formula is C14H16N4O2S2. The van der Waals surface area contributed by atoms with E-state index in [2.05, 4.69) is 20.6 Å². The van der Waals surface area contributed by atoms with E-state index in [0.29, 0.717) is 16.0 Å². The van der Waals surface area contributed by atoms with E-state index in [4.69, 9.17) is 0 Å². The topological polar surface area (TPSA) is 84.0 Å². The van der Waals surface area contributed by atoms with Crippen molar-refractivity contribution in [2.75, 3.05) is 10.6 Å². The maximum absolute atomic E-state index is 12.1. The smallest absolute Gasteiger partial charge is 0.232 e. The summed E-state index contributed by atoms with van der Waals surface area (Å²) in [6.45, 7) is 1.43. The van der Waals surface area contributed by atoms with Crippen molar-refractivity contribution in [2.24, 2.45) is 0 Å². The van der Waals surface area contributed by atoms with Gasteiger partial charge in [0, 0.05) is 17.2 Å². The maximum atomic E-state index is 12.1. The van der Waals surface area contributed by atoms with Gasteiger partial charge in [-0.25, -0.2) is 9.97 Å². The van der Waals surface area contributed by atoms with E-state index >= 15 is 0 Å². The summed E-state index contributed by atoms with van der Waals surface area (Å²) >= 11 is 2.88. The standard InChI is InChI=1S/C14H16N4O2S2/c1-8(19)15-13-16-9(7-21-13)6-12(20)18-14-17-10-4-2-3-5-11(10)22-14/h7H,2-6H2,1H3,(H,15,16,19)(H,17,18,20). The molecule has 116 valence electrons. The predicted octanol–water partition coefficient (Wildman–Crippen LogP) is 2.62. The molecule has 6 nitrogen and oxygen atoms in total. The van der Waals surface area contributed by atoms with E-state index in [1.165, 1.54) is 36.0 Å². The first-order valence-corrected chi connectivity index (χ1v) is 8.80. The van der Waals surface area contributed by atoms with E-state index in [1.54, 1.807) is 16.7 Å². The quantitative estimate of drug-likeness (QED) is 0.899. The van der Waals surface area contributed by atoms with Gasteiger partial charge in [-0.2, -0.15) is 0 Å². The van der Waals surface area contributed by atoms with Gasteiger partial charge in [-0.3, -0.25) is 9.59 Å². The van der Waals surface area contributed by atoms with Gasteiger partial charge in [0.15, 0.2) is 10.3 Å². The van der Waals surface area contributed by atoms with Crippen LogP contribution < -0.4 is 10.6 Å². The number of carbonyl (C=O) groups is 2. The van der Waals surface area contributed by atoms with Gasteiger partial charge >= 0.3 is 0 Å². The fraction of sp³-hybridized carbons (Fsp3) is 0.429. The van der Waals surface area contributed by atoms with E-state index in [0.717, 1.165) is 18.5 Å². The predicted molar refractivity (Wildman–Crippen MR) is 87.5 cm³/mol. The van der Waals surface area contributed by atoms with Gasteiger partial charge in [0.2, 0.25) is 11.8 Å². The van der Waals surface area contributed by atoms with Crippen LogP contribution in [-0.2, 0) is 28.9 Å². The first kappa shape index (κ1) is 15.1. The van der Waals surface area contributed by atoms with Gasteiger partial charge in [-0.05, 0) is 25.7 Å². The number of rotatable bonds is 4. The molecule has 0 saturated carbocycles. The lowest BCUT2D eigenvalue weighted by Gasteiger charge is -2.06. The number of hydrogen-bond donors (Lipinski definition) is 2. The number of carbonyl (C=O) groups excluding carboxylic acids is 2. The van der Waals surface area contributed by atoms with Crippen LogP contribution in [0.4, 0.5) is 10.3 Å². The molecule has 2 aromatic heterocycles. The Morgan fingerprint density at radius 3 is 2.77 bits per heavy atom. The Balaban J connectivity index is 1.59. The highest BCUT2D eigenvalue weighted by molar-refractivity contribution is 7.16. The average molecular weight is 336 g/mol. The number of nitrogens with zero attached hydrogens (tertiary/aromatic N) is 2. The second kappa shape index (κ2) is 6.53. The summed E-state index contributed by atoms with van der Waals surface area (Å²) in [7, 11) is 0. The van der Waals surface area contributed by atoms with Gasteiger partial charge in [-0.1, -0.05) is 0 Å². The molecule has 0 saturated heterocycles. The van der Waals surface area contributed by atoms with E-state index in [1.807, 2.05) is 0 Å². The zero-order valence-electron chi connectivity index (χ0n) is 12.1. The van der Waals surface area contributed by atoms with Crippen LogP contribution in [0, 0.1) is 0 Å². The molecule has 0 unspecified atom stereocenters. The van der Waals surface area contributed by atoms with E-state index in [9.17, 15) is 9.59 Å². The first-order valence-electron chi connectivity index (χ1n) is 7.10. The molecule has 8 heteroatoms. The molecular weight excluding hydrogens is 320 g/mol. The normalized spacial score (nSPS) is 13.5. The maximum Gasteiger partial charge on any atom is 0.232 e. The van der Waals surface area contributed by atoms with Crippen molar-refractivity contribution in [3.63, 3.8) is 0 Å². The Hall–Kier alpha value is -1.80. The summed E-state index contributed by atoms with van der Waals surface area (Å²) in [5.41, 5.74) is 1.78. The van der Waals surface area contributed by atoms with Gasteiger partial charge in [-0.15, -0.1) is 22.7 Å². The van der Waals surface area contributed by atoms with E-state index in [-0.39, 0.29) is 18.2 Å². The van der Waals surface area contributed by atoms with Gasteiger partial charge < -0.3 is 10.6 Å². The van der Waals surface area contributed by atoms with Gasteiger partial charge in [0.05, 0.1) is 17.8 Å². The average Bonchev–Trinajstić information content (AvgIpc) is 3.03. The summed E-state index contributed by atoms with van der Waals surface area (Å²) in [5.74, 6) is -0.301. The minimum absolute atomic E-state index is 0.134. The van der Waals surface area contributed by atoms with Crippen LogP contribution in [0.3, 0.4) is 0 Å². The first-order chi connectivity index (χ1) is 10.6. The summed E-state index contributed by atoms with van der Waals surface area (Å²) in [5, 5.41) is 8.42. The third-order valence-electron chi connectivity index (χ3n) is 3.27. The molecule has 1 aliphatic rings. The number of hydrogen-bond acceptors (Lipinski definition) is 6. The van der Waals surface area contributed by atoms with Crippen LogP contribution in [-0.4, -0.2) is 21.8 Å². The van der Waals surface area contributed by atoms with Crippen LogP contribution in [0.25, 0.3) is 0 Å². The molecule has 2 aromatic rings. The zero-order valence-corrected chi connectivity index (χ0v) is 13.8. The van der Waals surface area contributed by atoms with E-state index < -0.39 is 0 Å². The van der Waals surface area contributed by atoms with Crippen LogP contribution in [0.5, 0.6) is 0 Å². The lowest BCUT2D eigenvalue weighted by Crippen LogP contribution is -2.14. The molecule has 2 heterocycles. The van der Waals surface area contributed by atoms with Crippen molar-refractivity contribution >= 4 is 44.8 Å². The molecule has 22 heavy (non-hydrogen) atoms. The number of thiazole rings is 2. The fourth-order valence-corrected chi connectivity index (χ4v) is 4.15. The van der Waals surface area contributed by atoms with Crippen molar-refractivity contribution in [1.82, 2.24) is 9.97 Å². The van der Waals surface area contributed by atoms with Crippen LogP contribution >= 0.6 is 22.7 Å². The SMILES string of the molecule is CC(=O)Nc1nc(CC(=O)Nc2nc3c(s2)CCCC3)cs1. The van der Waals surface area contributed by atoms with Crippen molar-refractivity contribution in [3.05, 3.63) is 21.6 Å². The van der Waals surface area contributed by atoms with Crippen LogP contribution in [0.15, 0.2) is 5.38 Å². The van der Waals surface area contributed by atoms with Gasteiger partial charge in [0.1, 0.15) is 0 Å². The zero-order chi connectivity index (χ0) is 15.5. The molecule has 1 aliphatic carbocycles. The largest absolute Gasteiger partial charge is 0.302 e. The molecule has 0 bridgehead atoms. The molecule has 0 aliphatic heterocycles. The summed E-state index contributed by atoms with van der Waals surface area (Å²) in [6, 6.07) is 0. The molecule has 2 N–H and O–H groups in total. The second-order valence-electron chi connectivity index (χ2n) is 5.15. The fourth-order valence-electron chi connectivity index (χ4n) is 2.33. The van der Waals surface area contributed by atoms with Crippen molar-refractivity contribution in [1.29, 1.82) is 0 Å². The lowest BCUT2D eigenvalue weighted by atomic mass is 10.0. The molecule has 0 atom stereocenters. The minimum atomic E-state index is -0.168. The van der Waals surface area contributed by atoms with Gasteiger partial charge in [0.25, 0.3) is 0 Å². The molecule has 0 spiro atoms. The van der Waals surface area contributed by atoms with Crippen molar-refractivity contribution in [3.8, 4) is 0 Å². The number of fused-ring (bicyclic) bond motifs is 1. The molecule has 0 aromatic carbocycles. The lowest BCUT2D eigenvalue weighted by molar-refractivity contribution is -0.116. The highest BCUT2D eigenvalue weighted by atomic mass is 32.1. The minimum Gasteiger partial charge on any atom is -0.302 e. The Morgan fingerprint density at radius 2 is 2.00 bits per heavy atom. The third-order valence-corrected chi connectivity index (χ3v) is 5.15. The number of aromatic nitrogens is 2. The number of amides is 2. The Kier molecular flexibility index (Phi) is 4.49. The molecule has 0 fully saturated rings. The third kappa shape index (κ3) is 3.69. The Morgan fingerprint density at radius 1 is 1.18 bits per heavy atom. The molecule has 2 amide bonds. The molecule has 3 rings (SSSR count). The summed E-state index contributed by atoms with van der Waals surface area (Å²) in [4.78, 5) is 33.0. The number of anilines is 2. The highest BCUT2D eigenvalue weighted by Crippen LogP contribution is 2.29. The highest BCUT2D eigenvalue weighted by Gasteiger charge is 2.17.